The molecule has 0 bridgehead atoms. The Kier molecular flexibility index (Phi) is 13.3. The first-order valence-corrected chi connectivity index (χ1v) is 24.6. The summed E-state index contributed by atoms with van der Waals surface area (Å²) < 4.78 is 18.7. The quantitative estimate of drug-likeness (QED) is 0.101. The summed E-state index contributed by atoms with van der Waals surface area (Å²) in [5.74, 6) is 3.65. The van der Waals surface area contributed by atoms with Crippen LogP contribution in [0.15, 0.2) is 161 Å². The Balaban J connectivity index is 1.26. The molecule has 3 aliphatic heterocycles. The number of ether oxygens (including phenoxy) is 3. The highest BCUT2D eigenvalue weighted by Crippen LogP contribution is 2.55. The second-order valence-corrected chi connectivity index (χ2v) is 19.7. The van der Waals surface area contributed by atoms with Crippen molar-refractivity contribution in [2.75, 3.05) is 19.8 Å². The number of aliphatic imine (C=N–C) groups is 3. The molecule has 9 nitrogen and oxygen atoms in total. The zero-order chi connectivity index (χ0) is 47.4. The van der Waals surface area contributed by atoms with Gasteiger partial charge in [0.05, 0.1) is 35.2 Å². The molecule has 0 fully saturated rings. The van der Waals surface area contributed by atoms with Crippen molar-refractivity contribution < 1.29 is 14.2 Å². The third-order valence-electron chi connectivity index (χ3n) is 12.9. The van der Waals surface area contributed by atoms with E-state index in [2.05, 4.69) is 151 Å². The maximum atomic E-state index is 6.23. The summed E-state index contributed by atoms with van der Waals surface area (Å²) in [7, 11) is 0. The largest absolute Gasteiger partial charge is 0.475 e. The van der Waals surface area contributed by atoms with Gasteiger partial charge in [0.15, 0.2) is 0 Å². The van der Waals surface area contributed by atoms with E-state index in [1.54, 1.807) is 0 Å². The first-order chi connectivity index (χ1) is 33.7. The molecule has 0 radical (unpaired) electrons. The van der Waals surface area contributed by atoms with Gasteiger partial charge < -0.3 is 14.2 Å². The lowest BCUT2D eigenvalue weighted by Crippen LogP contribution is -2.09. The SMILES string of the molecule is CC(C)CC1COC(c2ccc(-c3c(-c4ccccn4)c(-c4ccc(C5=NC(CC(C)C)CO5)cc4)c(-c4ccccn4)c(-c4ccc(C5=NC(CC(C)C)CO5)cc4)c3-c3ccccn3)cc2)=N1. The van der Waals surface area contributed by atoms with E-state index in [0.29, 0.717) is 55.3 Å². The molecule has 0 spiro atoms. The maximum absolute atomic E-state index is 6.23. The highest BCUT2D eigenvalue weighted by Gasteiger charge is 2.32. The van der Waals surface area contributed by atoms with Crippen LogP contribution in [-0.4, -0.2) is 70.6 Å². The predicted molar refractivity (Wildman–Crippen MR) is 280 cm³/mol. The molecule has 0 amide bonds. The first-order valence-electron chi connectivity index (χ1n) is 24.6. The number of benzene rings is 4. The molecule has 9 heteroatoms. The lowest BCUT2D eigenvalue weighted by molar-refractivity contribution is 0.301. The lowest BCUT2D eigenvalue weighted by atomic mass is 9.76. The molecular formula is C60H60N6O3. The molecular weight excluding hydrogens is 853 g/mol. The average Bonchev–Trinajstić information content (AvgIpc) is 4.16. The summed E-state index contributed by atoms with van der Waals surface area (Å²) in [6.45, 7) is 15.2. The zero-order valence-corrected chi connectivity index (χ0v) is 40.5. The van der Waals surface area contributed by atoms with Gasteiger partial charge in [-0.3, -0.25) is 15.0 Å². The fraction of sp³-hybridized carbons (Fsp3) is 0.300. The summed E-state index contributed by atoms with van der Waals surface area (Å²) >= 11 is 0. The minimum Gasteiger partial charge on any atom is -0.475 e. The maximum Gasteiger partial charge on any atom is 0.216 e. The molecule has 6 heterocycles. The fourth-order valence-electron chi connectivity index (χ4n) is 9.97. The number of pyridine rings is 3. The van der Waals surface area contributed by atoms with Crippen LogP contribution in [0.4, 0.5) is 0 Å². The molecule has 4 aromatic carbocycles. The first kappa shape index (κ1) is 45.5. The molecule has 0 aliphatic carbocycles. The Hall–Kier alpha value is -7.26. The van der Waals surface area contributed by atoms with Gasteiger partial charge in [-0.1, -0.05) is 96.1 Å². The smallest absolute Gasteiger partial charge is 0.216 e. The van der Waals surface area contributed by atoms with Crippen molar-refractivity contribution in [2.24, 2.45) is 32.7 Å². The van der Waals surface area contributed by atoms with E-state index in [1.165, 1.54) is 0 Å². The molecule has 3 aromatic heterocycles. The van der Waals surface area contributed by atoms with E-state index in [0.717, 1.165) is 103 Å². The number of hydrogen-bond donors (Lipinski definition) is 0. The summed E-state index contributed by atoms with van der Waals surface area (Å²) in [4.78, 5) is 30.5. The Morgan fingerprint density at radius 3 is 0.841 bits per heavy atom. The Bertz CT molecular complexity index is 2640. The molecule has 3 aliphatic rings. The molecule has 0 saturated carbocycles. The van der Waals surface area contributed by atoms with Crippen molar-refractivity contribution in [1.82, 2.24) is 15.0 Å². The third-order valence-corrected chi connectivity index (χ3v) is 12.9. The van der Waals surface area contributed by atoms with Crippen molar-refractivity contribution in [3.05, 3.63) is 163 Å². The molecule has 3 unspecified atom stereocenters. The normalized spacial score (nSPS) is 17.7. The fourth-order valence-corrected chi connectivity index (χ4v) is 9.97. The summed E-state index contributed by atoms with van der Waals surface area (Å²) in [6, 6.07) is 44.8. The van der Waals surface area contributed by atoms with Crippen molar-refractivity contribution in [3.63, 3.8) is 0 Å². The third kappa shape index (κ3) is 9.87. The molecule has 348 valence electrons. The molecule has 7 aromatic rings. The Morgan fingerprint density at radius 1 is 0.348 bits per heavy atom. The highest BCUT2D eigenvalue weighted by atomic mass is 16.5. The summed E-state index contributed by atoms with van der Waals surface area (Å²) in [6.07, 6.45) is 8.56. The predicted octanol–water partition coefficient (Wildman–Crippen LogP) is 13.4. The average molecular weight is 913 g/mol. The van der Waals surface area contributed by atoms with Crippen molar-refractivity contribution in [3.8, 4) is 67.2 Å². The topological polar surface area (TPSA) is 103 Å². The van der Waals surface area contributed by atoms with E-state index in [1.807, 2.05) is 36.8 Å². The highest BCUT2D eigenvalue weighted by molar-refractivity contribution is 6.14. The van der Waals surface area contributed by atoms with E-state index in [9.17, 15) is 0 Å². The van der Waals surface area contributed by atoms with Gasteiger partial charge in [0.25, 0.3) is 0 Å². The molecule has 69 heavy (non-hydrogen) atoms. The molecule has 10 rings (SSSR count). The lowest BCUT2D eigenvalue weighted by Gasteiger charge is -2.27. The van der Waals surface area contributed by atoms with Gasteiger partial charge in [-0.2, -0.15) is 0 Å². The zero-order valence-electron chi connectivity index (χ0n) is 40.5. The van der Waals surface area contributed by atoms with Gasteiger partial charge in [0.1, 0.15) is 19.8 Å². The molecule has 0 saturated heterocycles. The second kappa shape index (κ2) is 20.1. The van der Waals surface area contributed by atoms with Gasteiger partial charge in [0.2, 0.25) is 17.7 Å². The van der Waals surface area contributed by atoms with Gasteiger partial charge in [-0.05, 0) is 127 Å². The van der Waals surface area contributed by atoms with E-state index < -0.39 is 0 Å². The van der Waals surface area contributed by atoms with Crippen LogP contribution in [0.25, 0.3) is 67.2 Å². The number of nitrogens with zero attached hydrogens (tertiary/aromatic N) is 6. The summed E-state index contributed by atoms with van der Waals surface area (Å²) in [5.41, 5.74) is 14.1. The van der Waals surface area contributed by atoms with Crippen molar-refractivity contribution in [1.29, 1.82) is 0 Å². The van der Waals surface area contributed by atoms with Crippen LogP contribution < -0.4 is 0 Å². The van der Waals surface area contributed by atoms with Gasteiger partial charge >= 0.3 is 0 Å². The standard InChI is InChI=1S/C60H60N6O3/c1-37(2)31-46-34-67-58(64-46)43-22-16-40(17-23-43)52-55(49-13-7-10-28-61-49)53(41-18-24-44(25-19-41)59-65-47(35-68-59)32-38(3)4)57(51-15-9-12-30-63-51)54(56(52)50-14-8-11-29-62-50)42-20-26-45(27-21-42)60-66-48(36-69-60)33-39(5)6/h7-30,37-39,46-48H,31-36H2,1-6H3. The van der Waals surface area contributed by atoms with Crippen LogP contribution in [0.1, 0.15) is 77.5 Å². The van der Waals surface area contributed by atoms with Gasteiger partial charge in [0, 0.05) is 68.7 Å². The molecule has 0 N–H and O–H groups in total. The van der Waals surface area contributed by atoms with E-state index >= 15 is 0 Å². The monoisotopic (exact) mass is 912 g/mol. The van der Waals surface area contributed by atoms with Crippen LogP contribution in [-0.2, 0) is 14.2 Å². The van der Waals surface area contributed by atoms with Crippen LogP contribution in [0.2, 0.25) is 0 Å². The van der Waals surface area contributed by atoms with Crippen molar-refractivity contribution >= 4 is 17.7 Å². The van der Waals surface area contributed by atoms with Crippen LogP contribution >= 0.6 is 0 Å². The van der Waals surface area contributed by atoms with Gasteiger partial charge in [-0.15, -0.1) is 0 Å². The number of aromatic nitrogens is 3. The minimum atomic E-state index is 0.149. The summed E-state index contributed by atoms with van der Waals surface area (Å²) in [5, 5.41) is 0. The van der Waals surface area contributed by atoms with Gasteiger partial charge in [-0.25, -0.2) is 15.0 Å². The minimum absolute atomic E-state index is 0.149. The van der Waals surface area contributed by atoms with E-state index in [4.69, 9.17) is 44.1 Å². The Morgan fingerprint density at radius 2 is 0.609 bits per heavy atom. The van der Waals surface area contributed by atoms with E-state index in [-0.39, 0.29) is 18.1 Å². The van der Waals surface area contributed by atoms with Crippen LogP contribution in [0.5, 0.6) is 0 Å². The van der Waals surface area contributed by atoms with Crippen LogP contribution in [0.3, 0.4) is 0 Å². The molecule has 3 atom stereocenters. The Labute approximate surface area is 406 Å². The second-order valence-electron chi connectivity index (χ2n) is 19.7. The number of rotatable bonds is 15. The van der Waals surface area contributed by atoms with Crippen LogP contribution in [0, 0.1) is 17.8 Å². The number of hydrogen-bond acceptors (Lipinski definition) is 9. The van der Waals surface area contributed by atoms with Crippen molar-refractivity contribution in [2.45, 2.75) is 78.9 Å².